The molecule has 4 nitrogen and oxygen atoms in total. The number of carbonyl (C=O) groups is 2. The van der Waals surface area contributed by atoms with Gasteiger partial charge in [0.15, 0.2) is 5.78 Å². The van der Waals surface area contributed by atoms with Gasteiger partial charge in [-0.2, -0.15) is 5.10 Å². The first kappa shape index (κ1) is 10.1. The smallest absolute Gasteiger partial charge is 0.173 e. The van der Waals surface area contributed by atoms with Crippen LogP contribution in [0.5, 0.6) is 0 Å². The molecule has 0 aliphatic heterocycles. The highest BCUT2D eigenvalue weighted by atomic mass is 16.1. The molecule has 0 bridgehead atoms. The van der Waals surface area contributed by atoms with Crippen LogP contribution in [0.4, 0.5) is 0 Å². The Bertz CT molecular complexity index is 416. The van der Waals surface area contributed by atoms with Gasteiger partial charge in [0.25, 0.3) is 0 Å². The van der Waals surface area contributed by atoms with E-state index in [9.17, 15) is 9.59 Å². The Morgan fingerprint density at radius 1 is 1.53 bits per heavy atom. The Morgan fingerprint density at radius 3 is 2.67 bits per heavy atom. The lowest BCUT2D eigenvalue weighted by Crippen LogP contribution is -2.10. The summed E-state index contributed by atoms with van der Waals surface area (Å²) in [5, 5.41) is 4.08. The van der Waals surface area contributed by atoms with Crippen molar-refractivity contribution in [2.75, 3.05) is 0 Å². The molecule has 15 heavy (non-hydrogen) atoms. The molecule has 1 saturated carbocycles. The number of hydrogen-bond acceptors (Lipinski definition) is 3. The van der Waals surface area contributed by atoms with Gasteiger partial charge in [0.05, 0.1) is 17.7 Å². The first-order chi connectivity index (χ1) is 7.08. The van der Waals surface area contributed by atoms with Gasteiger partial charge in [-0.05, 0) is 19.8 Å². The van der Waals surface area contributed by atoms with Crippen molar-refractivity contribution in [2.45, 2.75) is 26.2 Å². The van der Waals surface area contributed by atoms with Gasteiger partial charge in [-0.3, -0.25) is 14.3 Å². The molecular weight excluding hydrogens is 192 g/mol. The molecule has 0 N–H and O–H groups in total. The van der Waals surface area contributed by atoms with Crippen LogP contribution in [0.1, 0.15) is 35.3 Å². The summed E-state index contributed by atoms with van der Waals surface area (Å²) in [4.78, 5) is 23.2. The predicted molar refractivity (Wildman–Crippen MR) is 54.6 cm³/mol. The zero-order chi connectivity index (χ0) is 11.0. The summed E-state index contributed by atoms with van der Waals surface area (Å²) in [6, 6.07) is 0. The minimum absolute atomic E-state index is 0.0389. The van der Waals surface area contributed by atoms with Crippen molar-refractivity contribution in [1.82, 2.24) is 9.78 Å². The summed E-state index contributed by atoms with van der Waals surface area (Å²) >= 11 is 0. The Kier molecular flexibility index (Phi) is 2.42. The summed E-state index contributed by atoms with van der Waals surface area (Å²) in [6.07, 6.45) is 3.63. The van der Waals surface area contributed by atoms with E-state index in [1.807, 2.05) is 0 Å². The quantitative estimate of drug-likeness (QED) is 0.551. The highest BCUT2D eigenvalue weighted by Crippen LogP contribution is 2.31. The van der Waals surface area contributed by atoms with Crippen molar-refractivity contribution in [1.29, 1.82) is 0 Å². The summed E-state index contributed by atoms with van der Waals surface area (Å²) in [6.45, 7) is 1.79. The topological polar surface area (TPSA) is 52.0 Å². The fraction of sp³-hybridized carbons (Fsp3) is 0.545. The van der Waals surface area contributed by atoms with E-state index in [2.05, 4.69) is 5.10 Å². The van der Waals surface area contributed by atoms with Gasteiger partial charge in [-0.15, -0.1) is 0 Å². The molecule has 0 amide bonds. The third kappa shape index (κ3) is 2.14. The van der Waals surface area contributed by atoms with E-state index in [-0.39, 0.29) is 23.9 Å². The molecule has 1 fully saturated rings. The molecule has 1 heterocycles. The Balaban J connectivity index is 2.06. The molecule has 0 atom stereocenters. The van der Waals surface area contributed by atoms with E-state index in [1.165, 1.54) is 0 Å². The van der Waals surface area contributed by atoms with Gasteiger partial charge in [0.2, 0.25) is 0 Å². The Hall–Kier alpha value is -1.45. The van der Waals surface area contributed by atoms with E-state index in [0.717, 1.165) is 12.8 Å². The lowest BCUT2D eigenvalue weighted by molar-refractivity contribution is -0.119. The van der Waals surface area contributed by atoms with Crippen LogP contribution < -0.4 is 0 Å². The number of carbonyl (C=O) groups excluding carboxylic acids is 2. The average molecular weight is 206 g/mol. The van der Waals surface area contributed by atoms with Crippen molar-refractivity contribution in [2.24, 2.45) is 13.0 Å². The van der Waals surface area contributed by atoms with Crippen molar-refractivity contribution >= 4 is 11.6 Å². The minimum Gasteiger partial charge on any atom is -0.299 e. The standard InChI is InChI=1S/C11H14N2O2/c1-7-9(6-13(2)12-7)11(15)5-10(14)8-3-4-8/h6,8H,3-5H2,1-2H3. The van der Waals surface area contributed by atoms with E-state index in [1.54, 1.807) is 24.9 Å². The predicted octanol–water partition coefficient (Wildman–Crippen LogP) is 1.28. The molecule has 0 saturated heterocycles. The highest BCUT2D eigenvalue weighted by molar-refractivity contribution is 6.09. The summed E-state index contributed by atoms with van der Waals surface area (Å²) in [5.74, 6) is 0.145. The number of rotatable bonds is 4. The zero-order valence-corrected chi connectivity index (χ0v) is 8.99. The second kappa shape index (κ2) is 3.61. The summed E-state index contributed by atoms with van der Waals surface area (Å²) in [5.41, 5.74) is 1.28. The fourth-order valence-electron chi connectivity index (χ4n) is 1.68. The van der Waals surface area contributed by atoms with E-state index >= 15 is 0 Å². The largest absolute Gasteiger partial charge is 0.299 e. The van der Waals surface area contributed by atoms with Crippen LogP contribution in [0.3, 0.4) is 0 Å². The molecule has 4 heteroatoms. The van der Waals surface area contributed by atoms with Crippen LogP contribution in [0.25, 0.3) is 0 Å². The molecule has 0 spiro atoms. The van der Waals surface area contributed by atoms with Crippen LogP contribution in [0.2, 0.25) is 0 Å². The van der Waals surface area contributed by atoms with Crippen molar-refractivity contribution in [3.05, 3.63) is 17.5 Å². The third-order valence-electron chi connectivity index (χ3n) is 2.68. The van der Waals surface area contributed by atoms with Gasteiger partial charge >= 0.3 is 0 Å². The van der Waals surface area contributed by atoms with Crippen LogP contribution in [-0.2, 0) is 11.8 Å². The summed E-state index contributed by atoms with van der Waals surface area (Å²) < 4.78 is 1.60. The minimum atomic E-state index is -0.0995. The van der Waals surface area contributed by atoms with Gasteiger partial charge in [-0.1, -0.05) is 0 Å². The molecule has 80 valence electrons. The second-order valence-corrected chi connectivity index (χ2v) is 4.14. The van der Waals surface area contributed by atoms with Gasteiger partial charge in [0, 0.05) is 19.2 Å². The maximum Gasteiger partial charge on any atom is 0.173 e. The van der Waals surface area contributed by atoms with Crippen molar-refractivity contribution < 1.29 is 9.59 Å². The Labute approximate surface area is 88.3 Å². The maximum atomic E-state index is 11.7. The number of Topliss-reactive ketones (excluding diaryl/α,β-unsaturated/α-hetero) is 2. The lowest BCUT2D eigenvalue weighted by Gasteiger charge is -1.96. The Morgan fingerprint density at radius 2 is 2.20 bits per heavy atom. The van der Waals surface area contributed by atoms with Crippen LogP contribution in [0, 0.1) is 12.8 Å². The third-order valence-corrected chi connectivity index (χ3v) is 2.68. The molecule has 1 aromatic rings. The van der Waals surface area contributed by atoms with Crippen LogP contribution >= 0.6 is 0 Å². The first-order valence-corrected chi connectivity index (χ1v) is 5.14. The first-order valence-electron chi connectivity index (χ1n) is 5.14. The van der Waals surface area contributed by atoms with Crippen LogP contribution in [-0.4, -0.2) is 21.3 Å². The zero-order valence-electron chi connectivity index (χ0n) is 8.99. The molecule has 1 aliphatic rings. The van der Waals surface area contributed by atoms with E-state index in [0.29, 0.717) is 11.3 Å². The molecular formula is C11H14N2O2. The van der Waals surface area contributed by atoms with E-state index in [4.69, 9.17) is 0 Å². The monoisotopic (exact) mass is 206 g/mol. The lowest BCUT2D eigenvalue weighted by atomic mass is 10.1. The number of aromatic nitrogens is 2. The molecule has 1 aromatic heterocycles. The highest BCUT2D eigenvalue weighted by Gasteiger charge is 2.31. The van der Waals surface area contributed by atoms with Crippen molar-refractivity contribution in [3.63, 3.8) is 0 Å². The SMILES string of the molecule is Cc1nn(C)cc1C(=O)CC(=O)C1CC1. The number of nitrogens with zero attached hydrogens (tertiary/aromatic N) is 2. The maximum absolute atomic E-state index is 11.7. The average Bonchev–Trinajstić information content (AvgIpc) is 2.92. The molecule has 0 aromatic carbocycles. The van der Waals surface area contributed by atoms with Gasteiger partial charge < -0.3 is 0 Å². The molecule has 0 unspecified atom stereocenters. The van der Waals surface area contributed by atoms with Gasteiger partial charge in [-0.25, -0.2) is 0 Å². The molecule has 0 radical (unpaired) electrons. The normalized spacial score (nSPS) is 15.3. The summed E-state index contributed by atoms with van der Waals surface area (Å²) in [7, 11) is 1.77. The van der Waals surface area contributed by atoms with Crippen LogP contribution in [0.15, 0.2) is 6.20 Å². The molecule has 1 aliphatic carbocycles. The van der Waals surface area contributed by atoms with Crippen molar-refractivity contribution in [3.8, 4) is 0 Å². The number of ketones is 2. The van der Waals surface area contributed by atoms with Gasteiger partial charge in [0.1, 0.15) is 5.78 Å². The number of aryl methyl sites for hydroxylation is 2. The molecule has 2 rings (SSSR count). The fourth-order valence-corrected chi connectivity index (χ4v) is 1.68. The second-order valence-electron chi connectivity index (χ2n) is 4.14. The number of hydrogen-bond donors (Lipinski definition) is 0. The van der Waals surface area contributed by atoms with E-state index < -0.39 is 0 Å².